The van der Waals surface area contributed by atoms with Crippen molar-refractivity contribution in [2.75, 3.05) is 19.6 Å². The summed E-state index contributed by atoms with van der Waals surface area (Å²) in [6.45, 7) is 8.49. The Morgan fingerprint density at radius 2 is 2.03 bits per heavy atom. The highest BCUT2D eigenvalue weighted by atomic mass is 16.5. The second-order valence-corrected chi connectivity index (χ2v) is 8.15. The summed E-state index contributed by atoms with van der Waals surface area (Å²) in [7, 11) is 0. The van der Waals surface area contributed by atoms with Gasteiger partial charge in [0.25, 0.3) is 11.4 Å². The van der Waals surface area contributed by atoms with Crippen molar-refractivity contribution in [2.45, 2.75) is 38.8 Å². The number of likely N-dealkylation sites (tertiary alicyclic amines) is 1. The number of aryl methyl sites for hydroxylation is 1. The summed E-state index contributed by atoms with van der Waals surface area (Å²) in [6, 6.07) is 9.54. The number of hydrogen-bond acceptors (Lipinski definition) is 7. The minimum atomic E-state index is -0.309. The van der Waals surface area contributed by atoms with Crippen LogP contribution >= 0.6 is 0 Å². The molecule has 1 aliphatic heterocycles. The van der Waals surface area contributed by atoms with E-state index in [1.165, 1.54) is 10.8 Å². The normalized spacial score (nSPS) is 14.8. The smallest absolute Gasteiger partial charge is 0.266 e. The van der Waals surface area contributed by atoms with Gasteiger partial charge < -0.3 is 9.84 Å². The van der Waals surface area contributed by atoms with Crippen molar-refractivity contribution in [2.24, 2.45) is 0 Å². The Kier molecular flexibility index (Phi) is 7.09. The number of nitrogens with zero attached hydrogens (tertiary/aromatic N) is 5. The molecular weight excluding hydrogens is 420 g/mol. The molecular formula is C24H28N6O3. The molecule has 4 rings (SSSR count). The summed E-state index contributed by atoms with van der Waals surface area (Å²) in [4.78, 5) is 36.6. The van der Waals surface area contributed by atoms with Crippen LogP contribution in [0.5, 0.6) is 0 Å². The maximum Gasteiger partial charge on any atom is 0.266 e. The van der Waals surface area contributed by atoms with E-state index >= 15 is 0 Å². The number of rotatable bonds is 8. The van der Waals surface area contributed by atoms with Crippen LogP contribution in [-0.2, 0) is 11.3 Å². The van der Waals surface area contributed by atoms with Gasteiger partial charge in [-0.3, -0.25) is 19.1 Å². The number of aromatic nitrogens is 4. The number of benzene rings is 1. The summed E-state index contributed by atoms with van der Waals surface area (Å²) < 4.78 is 6.81. The van der Waals surface area contributed by atoms with Gasteiger partial charge in [-0.05, 0) is 19.8 Å². The third-order valence-electron chi connectivity index (χ3n) is 5.84. The van der Waals surface area contributed by atoms with Gasteiger partial charge in [0, 0.05) is 50.4 Å². The Morgan fingerprint density at radius 3 is 2.76 bits per heavy atom. The lowest BCUT2D eigenvalue weighted by molar-refractivity contribution is -0.122. The van der Waals surface area contributed by atoms with Crippen LogP contribution in [0, 0.1) is 6.92 Å². The van der Waals surface area contributed by atoms with Gasteiger partial charge in [0.1, 0.15) is 11.4 Å². The van der Waals surface area contributed by atoms with Gasteiger partial charge in [0.2, 0.25) is 11.7 Å². The van der Waals surface area contributed by atoms with Crippen molar-refractivity contribution < 1.29 is 9.32 Å². The van der Waals surface area contributed by atoms with Gasteiger partial charge in [0.15, 0.2) is 0 Å². The molecule has 1 aliphatic rings. The van der Waals surface area contributed by atoms with E-state index in [1.54, 1.807) is 6.92 Å². The van der Waals surface area contributed by atoms with E-state index in [4.69, 9.17) is 4.52 Å². The van der Waals surface area contributed by atoms with Crippen LogP contribution in [0.3, 0.4) is 0 Å². The third kappa shape index (κ3) is 5.43. The van der Waals surface area contributed by atoms with E-state index in [0.717, 1.165) is 38.0 Å². The molecule has 0 unspecified atom stereocenters. The summed E-state index contributed by atoms with van der Waals surface area (Å²) in [5.41, 5.74) is 0.696. The molecule has 1 fully saturated rings. The molecule has 0 aliphatic carbocycles. The molecule has 9 nitrogen and oxygen atoms in total. The zero-order valence-corrected chi connectivity index (χ0v) is 18.7. The summed E-state index contributed by atoms with van der Waals surface area (Å²) in [6.07, 6.45) is 5.36. The van der Waals surface area contributed by atoms with E-state index in [1.807, 2.05) is 36.4 Å². The van der Waals surface area contributed by atoms with Gasteiger partial charge in [-0.25, -0.2) is 4.98 Å². The molecule has 2 aromatic heterocycles. The first-order valence-electron chi connectivity index (χ1n) is 11.1. The number of carbonyl (C=O) groups excluding carboxylic acids is 1. The molecule has 3 aromatic rings. The zero-order chi connectivity index (χ0) is 23.2. The van der Waals surface area contributed by atoms with Crippen molar-refractivity contribution in [1.82, 2.24) is 29.9 Å². The molecule has 1 N–H and O–H groups in total. The number of carbonyl (C=O) groups is 1. The van der Waals surface area contributed by atoms with Gasteiger partial charge in [-0.2, -0.15) is 4.98 Å². The third-order valence-corrected chi connectivity index (χ3v) is 5.84. The molecule has 0 spiro atoms. The first kappa shape index (κ1) is 22.6. The van der Waals surface area contributed by atoms with Crippen LogP contribution in [0.25, 0.3) is 22.8 Å². The first-order valence-corrected chi connectivity index (χ1v) is 11.1. The van der Waals surface area contributed by atoms with E-state index in [9.17, 15) is 9.59 Å². The average Bonchev–Trinajstić information content (AvgIpc) is 3.31. The van der Waals surface area contributed by atoms with Gasteiger partial charge in [0.05, 0.1) is 0 Å². The zero-order valence-electron chi connectivity index (χ0n) is 18.7. The molecule has 1 amide bonds. The quantitative estimate of drug-likeness (QED) is 0.528. The van der Waals surface area contributed by atoms with E-state index in [0.29, 0.717) is 11.6 Å². The number of piperidine rings is 1. The van der Waals surface area contributed by atoms with Crippen LogP contribution in [-0.4, -0.2) is 56.2 Å². The molecule has 33 heavy (non-hydrogen) atoms. The van der Waals surface area contributed by atoms with Crippen LogP contribution in [0.4, 0.5) is 0 Å². The maximum absolute atomic E-state index is 13.1. The van der Waals surface area contributed by atoms with Crippen molar-refractivity contribution in [1.29, 1.82) is 0 Å². The maximum atomic E-state index is 13.1. The van der Waals surface area contributed by atoms with E-state index in [2.05, 4.69) is 31.9 Å². The van der Waals surface area contributed by atoms with Gasteiger partial charge in [-0.15, -0.1) is 6.58 Å². The lowest BCUT2D eigenvalue weighted by Crippen LogP contribution is -2.44. The summed E-state index contributed by atoms with van der Waals surface area (Å²) >= 11 is 0. The van der Waals surface area contributed by atoms with E-state index in [-0.39, 0.29) is 41.9 Å². The van der Waals surface area contributed by atoms with Crippen LogP contribution in [0.2, 0.25) is 0 Å². The molecule has 0 bridgehead atoms. The minimum absolute atomic E-state index is 0.0713. The standard InChI is InChI=1S/C24H28N6O3/c1-3-12-29-13-9-19(10-14-29)26-21(31)11-15-30-17(2)25-16-20(24(30)32)23-27-22(28-33-23)18-7-5-4-6-8-18/h3-8,16,19H,1,9-15H2,2H3,(H,26,31). The van der Waals surface area contributed by atoms with Crippen molar-refractivity contribution in [3.05, 3.63) is 65.4 Å². The molecule has 1 aromatic carbocycles. The highest BCUT2D eigenvalue weighted by Gasteiger charge is 2.21. The van der Waals surface area contributed by atoms with E-state index < -0.39 is 0 Å². The second-order valence-electron chi connectivity index (χ2n) is 8.15. The second kappa shape index (κ2) is 10.4. The average molecular weight is 449 g/mol. The largest absolute Gasteiger partial charge is 0.353 e. The number of nitrogens with one attached hydrogen (secondary N) is 1. The molecule has 0 saturated carbocycles. The Morgan fingerprint density at radius 1 is 1.27 bits per heavy atom. The Labute approximate surface area is 192 Å². The monoisotopic (exact) mass is 448 g/mol. The predicted octanol–water partition coefficient (Wildman–Crippen LogP) is 2.43. The van der Waals surface area contributed by atoms with Crippen LogP contribution < -0.4 is 10.9 Å². The number of amides is 1. The lowest BCUT2D eigenvalue weighted by atomic mass is 10.0. The Balaban J connectivity index is 1.41. The fraction of sp³-hybridized carbons (Fsp3) is 0.375. The first-order chi connectivity index (χ1) is 16.0. The highest BCUT2D eigenvalue weighted by molar-refractivity contribution is 5.76. The minimum Gasteiger partial charge on any atom is -0.353 e. The molecule has 3 heterocycles. The lowest BCUT2D eigenvalue weighted by Gasteiger charge is -2.31. The summed E-state index contributed by atoms with van der Waals surface area (Å²) in [5, 5.41) is 7.07. The van der Waals surface area contributed by atoms with Gasteiger partial charge in [-0.1, -0.05) is 41.6 Å². The fourth-order valence-electron chi connectivity index (χ4n) is 3.98. The van der Waals surface area contributed by atoms with Gasteiger partial charge >= 0.3 is 0 Å². The Hall–Kier alpha value is -3.59. The van der Waals surface area contributed by atoms with Crippen LogP contribution in [0.1, 0.15) is 25.1 Å². The van der Waals surface area contributed by atoms with Crippen LogP contribution in [0.15, 0.2) is 58.5 Å². The molecule has 0 radical (unpaired) electrons. The topological polar surface area (TPSA) is 106 Å². The molecule has 9 heteroatoms. The molecule has 0 atom stereocenters. The molecule has 1 saturated heterocycles. The fourth-order valence-corrected chi connectivity index (χ4v) is 3.98. The predicted molar refractivity (Wildman–Crippen MR) is 124 cm³/mol. The van der Waals surface area contributed by atoms with Crippen molar-refractivity contribution >= 4 is 5.91 Å². The summed E-state index contributed by atoms with van der Waals surface area (Å²) in [5.74, 6) is 0.960. The van der Waals surface area contributed by atoms with Crippen molar-refractivity contribution in [3.8, 4) is 22.8 Å². The SMILES string of the molecule is C=CCN1CCC(NC(=O)CCn2c(C)ncc(-c3nc(-c4ccccc4)no3)c2=O)CC1. The Bertz CT molecular complexity index is 1160. The van der Waals surface area contributed by atoms with Crippen molar-refractivity contribution in [3.63, 3.8) is 0 Å². The highest BCUT2D eigenvalue weighted by Crippen LogP contribution is 2.19. The number of hydrogen-bond donors (Lipinski definition) is 1. The molecule has 172 valence electrons.